The number of hydrogen-bond acceptors (Lipinski definition) is 2. The molecule has 2 aromatic rings. The molecule has 0 aliphatic heterocycles. The molecule has 2 aromatic carbocycles. The maximum atomic E-state index is 13.8. The quantitative estimate of drug-likeness (QED) is 0.696. The van der Waals surface area contributed by atoms with Crippen LogP contribution in [0.2, 0.25) is 0 Å². The summed E-state index contributed by atoms with van der Waals surface area (Å²) < 4.78 is 13.8. The summed E-state index contributed by atoms with van der Waals surface area (Å²) in [6.07, 6.45) is 5.55. The Hall–Kier alpha value is -1.63. The van der Waals surface area contributed by atoms with Crippen LogP contribution in [0.3, 0.4) is 0 Å². The van der Waals surface area contributed by atoms with Crippen molar-refractivity contribution < 1.29 is 9.67 Å². The molecule has 3 heteroatoms. The largest absolute Gasteiger partial charge is 0.385 e. The molecule has 108 valence electrons. The van der Waals surface area contributed by atoms with E-state index >= 15 is 0 Å². The molecule has 1 unspecified atom stereocenters. The second kappa shape index (κ2) is 5.63. The van der Waals surface area contributed by atoms with Crippen LogP contribution in [0.5, 0.6) is 0 Å². The lowest BCUT2D eigenvalue weighted by molar-refractivity contribution is 0.115. The van der Waals surface area contributed by atoms with Gasteiger partial charge in [-0.3, -0.25) is 0 Å². The third-order valence-corrected chi connectivity index (χ3v) is 7.27. The summed E-state index contributed by atoms with van der Waals surface area (Å²) in [5, 5.41) is 12.3. The molecule has 0 heterocycles. The van der Waals surface area contributed by atoms with Crippen molar-refractivity contribution in [1.82, 2.24) is 0 Å². The fourth-order valence-electron chi connectivity index (χ4n) is 2.91. The van der Waals surface area contributed by atoms with Gasteiger partial charge in [-0.05, 0) is 12.8 Å². The van der Waals surface area contributed by atoms with Crippen molar-refractivity contribution >= 4 is 17.8 Å². The van der Waals surface area contributed by atoms with Crippen molar-refractivity contribution in [2.45, 2.75) is 18.4 Å². The molecular formula is C18H19O2P. The van der Waals surface area contributed by atoms with Gasteiger partial charge in [0.15, 0.2) is 0 Å². The van der Waals surface area contributed by atoms with E-state index in [9.17, 15) is 9.67 Å². The first-order chi connectivity index (χ1) is 10.1. The summed E-state index contributed by atoms with van der Waals surface area (Å²) in [5.74, 6) is 0. The first-order valence-corrected chi connectivity index (χ1v) is 9.12. The lowest BCUT2D eigenvalue weighted by Gasteiger charge is -2.28. The summed E-state index contributed by atoms with van der Waals surface area (Å²) in [6.45, 7) is 0. The fourth-order valence-corrected chi connectivity index (χ4v) is 5.91. The third-order valence-electron chi connectivity index (χ3n) is 4.02. The zero-order chi connectivity index (χ0) is 14.8. The van der Waals surface area contributed by atoms with Gasteiger partial charge >= 0.3 is 0 Å². The highest BCUT2D eigenvalue weighted by Crippen LogP contribution is 2.48. The monoisotopic (exact) mass is 298 g/mol. The standard InChI is InChI=1S/C18H19O2P/c19-18(13-7-8-14-18)15-21(20,16-9-3-1-4-10-16)17-11-5-2-6-12-17/h1-7,9-13,19H,8,14-15H2. The molecule has 1 atom stereocenters. The van der Waals surface area contributed by atoms with E-state index in [4.69, 9.17) is 0 Å². The van der Waals surface area contributed by atoms with Crippen LogP contribution in [-0.4, -0.2) is 16.9 Å². The van der Waals surface area contributed by atoms with Gasteiger partial charge in [0.1, 0.15) is 7.14 Å². The average Bonchev–Trinajstić information content (AvgIpc) is 2.95. The Bertz CT molecular complexity index is 635. The summed E-state index contributed by atoms with van der Waals surface area (Å²) in [5.41, 5.74) is -0.957. The van der Waals surface area contributed by atoms with Gasteiger partial charge in [-0.25, -0.2) is 0 Å². The molecule has 3 rings (SSSR count). The summed E-state index contributed by atoms with van der Waals surface area (Å²) in [7, 11) is -2.84. The van der Waals surface area contributed by atoms with Gasteiger partial charge in [0.05, 0.1) is 5.60 Å². The van der Waals surface area contributed by atoms with E-state index in [0.717, 1.165) is 17.0 Å². The molecule has 0 bridgehead atoms. The molecule has 1 aliphatic rings. The Morgan fingerprint density at radius 2 is 1.48 bits per heavy atom. The molecule has 0 radical (unpaired) electrons. The molecule has 0 spiro atoms. The Morgan fingerprint density at radius 3 is 1.90 bits per heavy atom. The lowest BCUT2D eigenvalue weighted by atomic mass is 10.1. The van der Waals surface area contributed by atoms with E-state index in [0.29, 0.717) is 6.42 Å². The molecule has 2 nitrogen and oxygen atoms in total. The van der Waals surface area contributed by atoms with E-state index in [1.165, 1.54) is 0 Å². The summed E-state index contributed by atoms with van der Waals surface area (Å²) >= 11 is 0. The summed E-state index contributed by atoms with van der Waals surface area (Å²) in [4.78, 5) is 0. The number of benzene rings is 2. The van der Waals surface area contributed by atoms with Gasteiger partial charge in [-0.15, -0.1) is 0 Å². The minimum atomic E-state index is -2.84. The van der Waals surface area contributed by atoms with Gasteiger partial charge in [-0.1, -0.05) is 72.8 Å². The van der Waals surface area contributed by atoms with Gasteiger partial charge in [0.2, 0.25) is 0 Å². The van der Waals surface area contributed by atoms with E-state index in [2.05, 4.69) is 0 Å². The van der Waals surface area contributed by atoms with Crippen LogP contribution in [0, 0.1) is 0 Å². The minimum absolute atomic E-state index is 0.268. The van der Waals surface area contributed by atoms with Crippen molar-refractivity contribution in [2.75, 3.05) is 6.16 Å². The Morgan fingerprint density at radius 1 is 0.952 bits per heavy atom. The fraction of sp³-hybridized carbons (Fsp3) is 0.222. The second-order valence-corrected chi connectivity index (χ2v) is 8.44. The molecule has 0 fully saturated rings. The molecule has 0 aromatic heterocycles. The van der Waals surface area contributed by atoms with Gasteiger partial charge in [0.25, 0.3) is 0 Å². The molecule has 0 amide bonds. The van der Waals surface area contributed by atoms with E-state index in [1.54, 1.807) is 0 Å². The number of hydrogen-bond donors (Lipinski definition) is 1. The Balaban J connectivity index is 2.08. The van der Waals surface area contributed by atoms with Crippen LogP contribution in [0.4, 0.5) is 0 Å². The highest BCUT2D eigenvalue weighted by Gasteiger charge is 2.38. The summed E-state index contributed by atoms with van der Waals surface area (Å²) in [6, 6.07) is 19.0. The normalized spacial score (nSPS) is 21.6. The molecule has 21 heavy (non-hydrogen) atoms. The SMILES string of the molecule is O=P(CC1(O)C=CCC1)(c1ccccc1)c1ccccc1. The minimum Gasteiger partial charge on any atom is -0.385 e. The second-order valence-electron chi connectivity index (χ2n) is 5.61. The smallest absolute Gasteiger partial charge is 0.146 e. The van der Waals surface area contributed by atoms with Crippen molar-refractivity contribution in [1.29, 1.82) is 0 Å². The molecule has 1 N–H and O–H groups in total. The average molecular weight is 298 g/mol. The van der Waals surface area contributed by atoms with E-state index < -0.39 is 12.7 Å². The van der Waals surface area contributed by atoms with Gasteiger partial charge < -0.3 is 9.67 Å². The maximum Gasteiger partial charge on any atom is 0.146 e. The molecule has 0 saturated carbocycles. The van der Waals surface area contributed by atoms with Crippen molar-refractivity contribution in [3.63, 3.8) is 0 Å². The van der Waals surface area contributed by atoms with Crippen LogP contribution in [0.25, 0.3) is 0 Å². The van der Waals surface area contributed by atoms with E-state index in [-0.39, 0.29) is 6.16 Å². The number of aliphatic hydroxyl groups is 1. The predicted octanol–water partition coefficient (Wildman–Crippen LogP) is 3.08. The lowest BCUT2D eigenvalue weighted by Crippen LogP contribution is -2.33. The number of rotatable bonds is 4. The first-order valence-electron chi connectivity index (χ1n) is 7.23. The van der Waals surface area contributed by atoms with Crippen LogP contribution in [-0.2, 0) is 4.57 Å². The topological polar surface area (TPSA) is 37.3 Å². The van der Waals surface area contributed by atoms with Gasteiger partial charge in [0, 0.05) is 16.8 Å². The van der Waals surface area contributed by atoms with E-state index in [1.807, 2.05) is 72.8 Å². The Labute approximate surface area is 125 Å². The van der Waals surface area contributed by atoms with Crippen molar-refractivity contribution in [2.24, 2.45) is 0 Å². The zero-order valence-electron chi connectivity index (χ0n) is 11.9. The highest BCUT2D eigenvalue weighted by atomic mass is 31.2. The molecule has 0 saturated heterocycles. The van der Waals surface area contributed by atoms with Crippen LogP contribution >= 0.6 is 7.14 Å². The maximum absolute atomic E-state index is 13.8. The third kappa shape index (κ3) is 2.88. The van der Waals surface area contributed by atoms with Crippen LogP contribution in [0.15, 0.2) is 72.8 Å². The predicted molar refractivity (Wildman–Crippen MR) is 87.9 cm³/mol. The van der Waals surface area contributed by atoms with Crippen LogP contribution < -0.4 is 10.6 Å². The zero-order valence-corrected chi connectivity index (χ0v) is 12.7. The Kier molecular flexibility index (Phi) is 3.84. The van der Waals surface area contributed by atoms with Crippen LogP contribution in [0.1, 0.15) is 12.8 Å². The van der Waals surface area contributed by atoms with Crippen molar-refractivity contribution in [3.05, 3.63) is 72.8 Å². The molecule has 1 aliphatic carbocycles. The van der Waals surface area contributed by atoms with Crippen molar-refractivity contribution in [3.8, 4) is 0 Å². The highest BCUT2D eigenvalue weighted by molar-refractivity contribution is 7.78. The molecular weight excluding hydrogens is 279 g/mol. The number of allylic oxidation sites excluding steroid dienone is 1. The van der Waals surface area contributed by atoms with Gasteiger partial charge in [-0.2, -0.15) is 0 Å². The first kappa shape index (κ1) is 14.3.